The number of rotatable bonds is 16. The van der Waals surface area contributed by atoms with Crippen LogP contribution >= 0.6 is 0 Å². The number of carbonyl (C=O) groups is 2. The van der Waals surface area contributed by atoms with Crippen molar-refractivity contribution in [2.24, 2.45) is 0 Å². The highest BCUT2D eigenvalue weighted by Gasteiger charge is 2.74. The van der Waals surface area contributed by atoms with Crippen LogP contribution in [0.5, 0.6) is 11.5 Å². The molecule has 0 saturated heterocycles. The normalized spacial score (nSPS) is 12.8. The fourth-order valence-corrected chi connectivity index (χ4v) is 3.48. The van der Waals surface area contributed by atoms with E-state index in [4.69, 9.17) is 14.2 Å². The second kappa shape index (κ2) is 15.0. The average molecular weight is 644 g/mol. The van der Waals surface area contributed by atoms with Crippen molar-refractivity contribution >= 4 is 17.7 Å². The Labute approximate surface area is 245 Å². The van der Waals surface area contributed by atoms with Crippen molar-refractivity contribution in [3.63, 3.8) is 0 Å². The predicted molar refractivity (Wildman–Crippen MR) is 136 cm³/mol. The quantitative estimate of drug-likeness (QED) is 0.140. The first-order chi connectivity index (χ1) is 20.4. The summed E-state index contributed by atoms with van der Waals surface area (Å²) < 4.78 is 110. The molecule has 0 fully saturated rings. The maximum Gasteiger partial charge on any atom is 0.462 e. The van der Waals surface area contributed by atoms with E-state index in [1.807, 2.05) is 0 Å². The van der Waals surface area contributed by atoms with Crippen molar-refractivity contribution in [3.8, 4) is 11.5 Å². The highest BCUT2D eigenvalue weighted by Crippen LogP contribution is 2.46. The fourth-order valence-electron chi connectivity index (χ4n) is 3.48. The van der Waals surface area contributed by atoms with Gasteiger partial charge in [0.15, 0.2) is 6.10 Å². The second-order valence-electron chi connectivity index (χ2n) is 8.98. The molecular formula is C26H27F7N2O9. The molecule has 0 spiro atoms. The lowest BCUT2D eigenvalue weighted by atomic mass is 10.1. The molecule has 11 nitrogen and oxygen atoms in total. The number of nitro benzene ring substituents is 1. The molecule has 0 saturated carbocycles. The Kier molecular flexibility index (Phi) is 12.3. The summed E-state index contributed by atoms with van der Waals surface area (Å²) in [5.74, 6) is -7.85. The molecule has 44 heavy (non-hydrogen) atoms. The van der Waals surface area contributed by atoms with Gasteiger partial charge in [0, 0.05) is 25.1 Å². The van der Waals surface area contributed by atoms with Crippen molar-refractivity contribution in [2.75, 3.05) is 32.9 Å². The van der Waals surface area contributed by atoms with E-state index in [-0.39, 0.29) is 36.7 Å². The predicted octanol–water partition coefficient (Wildman–Crippen LogP) is 5.62. The van der Waals surface area contributed by atoms with Gasteiger partial charge in [-0.15, -0.1) is 0 Å². The van der Waals surface area contributed by atoms with Crippen LogP contribution < -0.4 is 9.47 Å². The number of aryl methyl sites for hydroxylation is 1. The first kappa shape index (κ1) is 36.0. The molecule has 1 atom stereocenters. The molecule has 0 aromatic heterocycles. The summed E-state index contributed by atoms with van der Waals surface area (Å²) in [5, 5.41) is 20.4. The summed E-state index contributed by atoms with van der Waals surface area (Å²) in [6, 6.07) is 9.24. The van der Waals surface area contributed by atoms with Crippen LogP contribution in [0, 0.1) is 17.0 Å². The number of nitro groups is 1. The zero-order chi connectivity index (χ0) is 33.3. The molecule has 2 aromatic carbocycles. The third kappa shape index (κ3) is 9.66. The summed E-state index contributed by atoms with van der Waals surface area (Å²) >= 11 is 0. The van der Waals surface area contributed by atoms with Gasteiger partial charge in [0.1, 0.15) is 18.1 Å². The van der Waals surface area contributed by atoms with Crippen LogP contribution in [0.15, 0.2) is 42.5 Å². The number of nitrogens with zero attached hydrogens (tertiary/aromatic N) is 2. The molecule has 1 amide bonds. The minimum atomic E-state index is -6.63. The number of halogens is 7. The lowest BCUT2D eigenvalue weighted by molar-refractivity contribution is -0.423. The summed E-state index contributed by atoms with van der Waals surface area (Å²) in [4.78, 5) is 35.0. The number of amides is 1. The van der Waals surface area contributed by atoms with Gasteiger partial charge in [-0.2, -0.15) is 30.7 Å². The van der Waals surface area contributed by atoms with E-state index in [0.29, 0.717) is 10.5 Å². The van der Waals surface area contributed by atoms with Crippen LogP contribution in [0.25, 0.3) is 0 Å². The highest BCUT2D eigenvalue weighted by molar-refractivity contribution is 5.72. The minimum absolute atomic E-state index is 0.0399. The second-order valence-corrected chi connectivity index (χ2v) is 8.98. The summed E-state index contributed by atoms with van der Waals surface area (Å²) in [5.41, 5.74) is 0.356. The smallest absolute Gasteiger partial charge is 0.462 e. The maximum absolute atomic E-state index is 13.6. The topological polar surface area (TPSA) is 138 Å². The van der Waals surface area contributed by atoms with Gasteiger partial charge < -0.3 is 29.0 Å². The van der Waals surface area contributed by atoms with E-state index in [1.54, 1.807) is 6.92 Å². The van der Waals surface area contributed by atoms with Crippen molar-refractivity contribution in [1.82, 2.24) is 4.90 Å². The van der Waals surface area contributed by atoms with Gasteiger partial charge in [-0.25, -0.2) is 9.59 Å². The molecular weight excluding hydrogens is 617 g/mol. The molecule has 0 heterocycles. The maximum atomic E-state index is 13.6. The van der Waals surface area contributed by atoms with Gasteiger partial charge in [0.05, 0.1) is 24.1 Å². The number of benzene rings is 2. The van der Waals surface area contributed by atoms with E-state index in [2.05, 4.69) is 4.74 Å². The molecule has 0 aliphatic carbocycles. The van der Waals surface area contributed by atoms with Crippen LogP contribution in [0.4, 0.5) is 41.2 Å². The van der Waals surface area contributed by atoms with E-state index >= 15 is 0 Å². The molecule has 2 aromatic rings. The first-order valence-corrected chi connectivity index (χ1v) is 12.6. The van der Waals surface area contributed by atoms with Crippen molar-refractivity contribution in [2.45, 2.75) is 44.6 Å². The lowest BCUT2D eigenvalue weighted by Gasteiger charge is -2.28. The lowest BCUT2D eigenvalue weighted by Crippen LogP contribution is -2.54. The molecule has 0 radical (unpaired) electrons. The summed E-state index contributed by atoms with van der Waals surface area (Å²) in [7, 11) is 0. The SMILES string of the molecule is CCOC(Cc1ccc(OCCN(CCOC(F)(F)C(F)(F)C(F)(F)F)C(=O)Oc2ccc(C)c([N+](=O)[O-])c2)cc1)C(=O)O. The van der Waals surface area contributed by atoms with Gasteiger partial charge in [0.2, 0.25) is 0 Å². The number of carboxylic acid groups (broad SMARTS) is 1. The van der Waals surface area contributed by atoms with E-state index in [9.17, 15) is 55.5 Å². The number of carbonyl (C=O) groups excluding carboxylic acids is 1. The third-order valence-electron chi connectivity index (χ3n) is 5.82. The van der Waals surface area contributed by atoms with Crippen LogP contribution in [0.3, 0.4) is 0 Å². The Morgan fingerprint density at radius 3 is 2.11 bits per heavy atom. The molecule has 0 bridgehead atoms. The number of carboxylic acids is 1. The number of ether oxygens (including phenoxy) is 4. The highest BCUT2D eigenvalue weighted by atomic mass is 19.4. The standard InChI is InChI=1S/C26H27F7N2O9/c1-3-41-21(22(36)37)14-17-5-8-18(9-6-17)42-12-10-34(11-13-43-26(32,33)24(27,28)25(29,30)31)23(38)44-19-7-4-16(2)20(15-19)35(39)40/h4-9,15,21H,3,10-14H2,1-2H3,(H,36,37). The number of hydrogen-bond donors (Lipinski definition) is 1. The van der Waals surface area contributed by atoms with E-state index in [0.717, 1.165) is 6.07 Å². The van der Waals surface area contributed by atoms with Crippen LogP contribution in [0.1, 0.15) is 18.1 Å². The molecule has 18 heteroatoms. The van der Waals surface area contributed by atoms with Crippen LogP contribution in [-0.2, 0) is 20.7 Å². The fraction of sp³-hybridized carbons (Fsp3) is 0.462. The van der Waals surface area contributed by atoms with Crippen molar-refractivity contribution in [1.29, 1.82) is 0 Å². The van der Waals surface area contributed by atoms with E-state index in [1.165, 1.54) is 43.3 Å². The number of hydrogen-bond acceptors (Lipinski definition) is 8. The van der Waals surface area contributed by atoms with Gasteiger partial charge in [-0.1, -0.05) is 12.1 Å². The first-order valence-electron chi connectivity index (χ1n) is 12.6. The Balaban J connectivity index is 2.12. The van der Waals surface area contributed by atoms with Gasteiger partial charge in [0.25, 0.3) is 5.69 Å². The number of aliphatic carboxylic acids is 1. The molecule has 0 aliphatic heterocycles. The van der Waals surface area contributed by atoms with Crippen LogP contribution in [-0.4, -0.2) is 84.2 Å². The molecule has 1 N–H and O–H groups in total. The zero-order valence-electron chi connectivity index (χ0n) is 23.1. The average Bonchev–Trinajstić information content (AvgIpc) is 2.92. The van der Waals surface area contributed by atoms with Crippen molar-refractivity contribution < 1.29 is 69.3 Å². The molecule has 244 valence electrons. The Morgan fingerprint density at radius 2 is 1.57 bits per heavy atom. The zero-order valence-corrected chi connectivity index (χ0v) is 23.1. The summed E-state index contributed by atoms with van der Waals surface area (Å²) in [6.45, 7) is -0.151. The van der Waals surface area contributed by atoms with Crippen LogP contribution in [0.2, 0.25) is 0 Å². The van der Waals surface area contributed by atoms with Gasteiger partial charge in [-0.3, -0.25) is 10.1 Å². The Bertz CT molecular complexity index is 1290. The van der Waals surface area contributed by atoms with Gasteiger partial charge >= 0.3 is 30.3 Å². The molecule has 0 aliphatic rings. The number of alkyl halides is 7. The third-order valence-corrected chi connectivity index (χ3v) is 5.82. The minimum Gasteiger partial charge on any atom is -0.492 e. The van der Waals surface area contributed by atoms with E-state index < -0.39 is 66.7 Å². The van der Waals surface area contributed by atoms with Gasteiger partial charge in [-0.05, 0) is 43.7 Å². The summed E-state index contributed by atoms with van der Waals surface area (Å²) in [6.07, 6.45) is -15.0. The molecule has 2 rings (SSSR count). The largest absolute Gasteiger partial charge is 0.492 e. The Hall–Kier alpha value is -4.19. The monoisotopic (exact) mass is 644 g/mol. The Morgan fingerprint density at radius 1 is 0.977 bits per heavy atom. The molecule has 1 unspecified atom stereocenters. The van der Waals surface area contributed by atoms with Crippen molar-refractivity contribution in [3.05, 3.63) is 63.7 Å².